The van der Waals surface area contributed by atoms with Crippen molar-refractivity contribution in [1.29, 1.82) is 0 Å². The van der Waals surface area contributed by atoms with Gasteiger partial charge in [-0.25, -0.2) is 9.18 Å². The Balaban J connectivity index is 2.76. The van der Waals surface area contributed by atoms with Crippen LogP contribution in [0.2, 0.25) is 5.02 Å². The molecule has 1 aromatic rings. The van der Waals surface area contributed by atoms with E-state index in [4.69, 9.17) is 21.8 Å². The van der Waals surface area contributed by atoms with Crippen LogP contribution >= 0.6 is 11.6 Å². The molecule has 0 fully saturated rings. The second kappa shape index (κ2) is 6.86. The number of halogens is 2. The summed E-state index contributed by atoms with van der Waals surface area (Å²) >= 11 is 5.74. The molecule has 1 rings (SSSR count). The van der Waals surface area contributed by atoms with Crippen molar-refractivity contribution in [3.8, 4) is 0 Å². The van der Waals surface area contributed by atoms with Crippen LogP contribution in [0.5, 0.6) is 0 Å². The number of nitrogens with one attached hydrogen (secondary N) is 1. The second-order valence-electron chi connectivity index (χ2n) is 3.55. The monoisotopic (exact) mass is 287 g/mol. The standard InChI is InChI=1S/C12H11ClFNO4/c13-8-2-1-3-9(14)7(8)4-5-11(17)15-10(6-16)12(18)19/h1-5,10,16H,6H2,(H,15,17)(H,18,19)/b5-4+. The van der Waals surface area contributed by atoms with Crippen LogP contribution in [-0.2, 0) is 9.59 Å². The third kappa shape index (κ3) is 4.35. The van der Waals surface area contributed by atoms with Crippen molar-refractivity contribution in [2.45, 2.75) is 6.04 Å². The van der Waals surface area contributed by atoms with Gasteiger partial charge >= 0.3 is 5.97 Å². The van der Waals surface area contributed by atoms with Gasteiger partial charge in [0, 0.05) is 11.6 Å². The second-order valence-corrected chi connectivity index (χ2v) is 3.96. The number of benzene rings is 1. The normalized spacial score (nSPS) is 12.4. The molecule has 0 bridgehead atoms. The number of hydrogen-bond donors (Lipinski definition) is 3. The van der Waals surface area contributed by atoms with Gasteiger partial charge in [0.25, 0.3) is 0 Å². The first-order chi connectivity index (χ1) is 8.95. The Hall–Kier alpha value is -1.92. The summed E-state index contributed by atoms with van der Waals surface area (Å²) in [7, 11) is 0. The summed E-state index contributed by atoms with van der Waals surface area (Å²) in [5.41, 5.74) is 0.0233. The van der Waals surface area contributed by atoms with Gasteiger partial charge in [0.2, 0.25) is 5.91 Å². The lowest BCUT2D eigenvalue weighted by molar-refractivity contribution is -0.142. The maximum absolute atomic E-state index is 13.4. The Kier molecular flexibility index (Phi) is 5.47. The molecule has 0 aliphatic heterocycles. The van der Waals surface area contributed by atoms with Crippen molar-refractivity contribution in [3.63, 3.8) is 0 Å². The largest absolute Gasteiger partial charge is 0.480 e. The number of aliphatic carboxylic acids is 1. The highest BCUT2D eigenvalue weighted by Crippen LogP contribution is 2.20. The van der Waals surface area contributed by atoms with Crippen LogP contribution in [-0.4, -0.2) is 34.7 Å². The molecule has 19 heavy (non-hydrogen) atoms. The van der Waals surface area contributed by atoms with E-state index in [-0.39, 0.29) is 10.6 Å². The van der Waals surface area contributed by atoms with Gasteiger partial charge in [-0.1, -0.05) is 17.7 Å². The fraction of sp³-hybridized carbons (Fsp3) is 0.167. The molecule has 1 amide bonds. The number of aliphatic hydroxyl groups is 1. The Morgan fingerprint density at radius 2 is 2.16 bits per heavy atom. The SMILES string of the molecule is O=C(/C=C/c1c(F)cccc1Cl)NC(CO)C(=O)O. The Bertz CT molecular complexity index is 498. The maximum atomic E-state index is 13.4. The summed E-state index contributed by atoms with van der Waals surface area (Å²) in [6.45, 7) is -0.741. The Labute approximate surface area is 113 Å². The zero-order valence-corrected chi connectivity index (χ0v) is 10.4. The molecule has 0 saturated heterocycles. The topological polar surface area (TPSA) is 86.6 Å². The van der Waals surface area contributed by atoms with Crippen molar-refractivity contribution in [2.75, 3.05) is 6.61 Å². The summed E-state index contributed by atoms with van der Waals surface area (Å²) in [6, 6.07) is 2.64. The number of hydrogen-bond acceptors (Lipinski definition) is 3. The smallest absolute Gasteiger partial charge is 0.328 e. The lowest BCUT2D eigenvalue weighted by Crippen LogP contribution is -2.42. The first kappa shape index (κ1) is 15.1. The zero-order valence-electron chi connectivity index (χ0n) is 9.64. The van der Waals surface area contributed by atoms with E-state index in [1.165, 1.54) is 18.2 Å². The van der Waals surface area contributed by atoms with Crippen LogP contribution < -0.4 is 5.32 Å². The first-order valence-electron chi connectivity index (χ1n) is 5.22. The fourth-order valence-electron chi connectivity index (χ4n) is 1.23. The molecule has 3 N–H and O–H groups in total. The molecule has 5 nitrogen and oxygen atoms in total. The molecule has 0 saturated carbocycles. The Morgan fingerprint density at radius 1 is 1.47 bits per heavy atom. The van der Waals surface area contributed by atoms with Crippen molar-refractivity contribution in [2.24, 2.45) is 0 Å². The van der Waals surface area contributed by atoms with E-state index in [0.29, 0.717) is 0 Å². The minimum atomic E-state index is -1.41. The number of rotatable bonds is 5. The summed E-state index contributed by atoms with van der Waals surface area (Å²) in [4.78, 5) is 21.9. The summed E-state index contributed by atoms with van der Waals surface area (Å²) in [5.74, 6) is -2.75. The van der Waals surface area contributed by atoms with Gasteiger partial charge in [-0.05, 0) is 18.2 Å². The van der Waals surface area contributed by atoms with Crippen LogP contribution in [0.1, 0.15) is 5.56 Å². The van der Waals surface area contributed by atoms with Gasteiger partial charge < -0.3 is 15.5 Å². The quantitative estimate of drug-likeness (QED) is 0.707. The minimum absolute atomic E-state index is 0.0233. The van der Waals surface area contributed by atoms with Gasteiger partial charge in [-0.3, -0.25) is 4.79 Å². The lowest BCUT2D eigenvalue weighted by atomic mass is 10.2. The number of carbonyl (C=O) groups excluding carboxylic acids is 1. The van der Waals surface area contributed by atoms with E-state index < -0.39 is 30.3 Å². The highest BCUT2D eigenvalue weighted by atomic mass is 35.5. The van der Waals surface area contributed by atoms with Gasteiger partial charge in [0.1, 0.15) is 5.82 Å². The Morgan fingerprint density at radius 3 is 2.68 bits per heavy atom. The zero-order chi connectivity index (χ0) is 14.4. The number of carboxylic acids is 1. The average molecular weight is 288 g/mol. The molecule has 102 valence electrons. The number of aliphatic hydroxyl groups excluding tert-OH is 1. The average Bonchev–Trinajstić information content (AvgIpc) is 2.35. The van der Waals surface area contributed by atoms with E-state index in [2.05, 4.69) is 0 Å². The third-order valence-electron chi connectivity index (χ3n) is 2.20. The van der Waals surface area contributed by atoms with Crippen molar-refractivity contribution in [1.82, 2.24) is 5.32 Å². The summed E-state index contributed by atoms with van der Waals surface area (Å²) in [5, 5.41) is 19.5. The molecule has 7 heteroatoms. The van der Waals surface area contributed by atoms with E-state index in [1.54, 1.807) is 0 Å². The van der Waals surface area contributed by atoms with Crippen LogP contribution in [0.3, 0.4) is 0 Å². The molecular weight excluding hydrogens is 277 g/mol. The van der Waals surface area contributed by atoms with E-state index in [0.717, 1.165) is 12.2 Å². The fourth-order valence-corrected chi connectivity index (χ4v) is 1.46. The minimum Gasteiger partial charge on any atom is -0.480 e. The molecule has 1 aromatic carbocycles. The van der Waals surface area contributed by atoms with Crippen molar-refractivity contribution in [3.05, 3.63) is 40.7 Å². The third-order valence-corrected chi connectivity index (χ3v) is 2.53. The predicted molar refractivity (Wildman–Crippen MR) is 67.1 cm³/mol. The molecule has 0 aliphatic carbocycles. The maximum Gasteiger partial charge on any atom is 0.328 e. The van der Waals surface area contributed by atoms with E-state index >= 15 is 0 Å². The predicted octanol–water partition coefficient (Wildman–Crippen LogP) is 1.05. The number of carbonyl (C=O) groups is 2. The van der Waals surface area contributed by atoms with E-state index in [1.807, 2.05) is 5.32 Å². The first-order valence-corrected chi connectivity index (χ1v) is 5.59. The van der Waals surface area contributed by atoms with E-state index in [9.17, 15) is 14.0 Å². The lowest BCUT2D eigenvalue weighted by Gasteiger charge is -2.09. The van der Waals surface area contributed by atoms with Gasteiger partial charge in [0.15, 0.2) is 6.04 Å². The number of amides is 1. The highest BCUT2D eigenvalue weighted by molar-refractivity contribution is 6.32. The molecule has 0 radical (unpaired) electrons. The van der Waals surface area contributed by atoms with Crippen LogP contribution in [0.15, 0.2) is 24.3 Å². The van der Waals surface area contributed by atoms with Gasteiger partial charge in [0.05, 0.1) is 11.6 Å². The van der Waals surface area contributed by atoms with Crippen LogP contribution in [0.25, 0.3) is 6.08 Å². The highest BCUT2D eigenvalue weighted by Gasteiger charge is 2.17. The van der Waals surface area contributed by atoms with Crippen LogP contribution in [0.4, 0.5) is 4.39 Å². The molecule has 0 aromatic heterocycles. The summed E-state index contributed by atoms with van der Waals surface area (Å²) < 4.78 is 13.4. The molecule has 0 aliphatic rings. The van der Waals surface area contributed by atoms with Gasteiger partial charge in [-0.2, -0.15) is 0 Å². The molecule has 0 spiro atoms. The van der Waals surface area contributed by atoms with Crippen LogP contribution in [0, 0.1) is 5.82 Å². The molecule has 1 unspecified atom stereocenters. The molecule has 1 atom stereocenters. The molecule has 0 heterocycles. The molecular formula is C12H11ClFNO4. The summed E-state index contributed by atoms with van der Waals surface area (Å²) in [6.07, 6.45) is 2.07. The van der Waals surface area contributed by atoms with Crippen molar-refractivity contribution >= 4 is 29.6 Å². The van der Waals surface area contributed by atoms with Gasteiger partial charge in [-0.15, -0.1) is 0 Å². The van der Waals surface area contributed by atoms with Crippen molar-refractivity contribution < 1.29 is 24.2 Å². The number of carboxylic acid groups (broad SMARTS) is 1.